The van der Waals surface area contributed by atoms with Gasteiger partial charge in [-0.15, -0.1) is 13.2 Å². The first-order valence-corrected chi connectivity index (χ1v) is 11.2. The number of nitrogens with zero attached hydrogens (tertiary/aromatic N) is 1. The number of phenolic OH excluding ortho intramolecular Hbond substituents is 1. The van der Waals surface area contributed by atoms with Gasteiger partial charge in [-0.1, -0.05) is 23.7 Å². The number of phenols is 1. The van der Waals surface area contributed by atoms with Crippen molar-refractivity contribution in [2.75, 3.05) is 19.1 Å². The quantitative estimate of drug-likeness (QED) is 0.235. The van der Waals surface area contributed by atoms with E-state index in [2.05, 4.69) is 4.74 Å². The van der Waals surface area contributed by atoms with Gasteiger partial charge in [0, 0.05) is 11.8 Å². The van der Waals surface area contributed by atoms with Crippen LogP contribution in [0.2, 0.25) is 5.02 Å². The predicted octanol–water partition coefficient (Wildman–Crippen LogP) is 5.59. The summed E-state index contributed by atoms with van der Waals surface area (Å²) in [5, 5.41) is 21.2. The fourth-order valence-electron chi connectivity index (χ4n) is 4.07. The molecule has 1 atom stereocenters. The molecule has 3 aromatic carbocycles. The van der Waals surface area contributed by atoms with Crippen LogP contribution in [0.15, 0.2) is 66.2 Å². The molecule has 12 heteroatoms. The molecular formula is C26H19ClF3NO7. The van der Waals surface area contributed by atoms with Crippen LogP contribution < -0.4 is 19.1 Å². The summed E-state index contributed by atoms with van der Waals surface area (Å²) in [4.78, 5) is 27.5. The molecule has 1 fully saturated rings. The van der Waals surface area contributed by atoms with E-state index in [1.807, 2.05) is 0 Å². The summed E-state index contributed by atoms with van der Waals surface area (Å²) in [6.07, 6.45) is -4.92. The number of Topliss-reactive ketones (excluding diaryl/α,β-unsaturated/α-hetero) is 1. The first kappa shape index (κ1) is 26.7. The van der Waals surface area contributed by atoms with Crippen molar-refractivity contribution in [1.29, 1.82) is 0 Å². The summed E-state index contributed by atoms with van der Waals surface area (Å²) in [6, 6.07) is 11.3. The van der Waals surface area contributed by atoms with E-state index in [0.717, 1.165) is 17.0 Å². The van der Waals surface area contributed by atoms with E-state index in [-0.39, 0.29) is 39.1 Å². The molecular weight excluding hydrogens is 531 g/mol. The van der Waals surface area contributed by atoms with E-state index < -0.39 is 35.6 Å². The molecule has 1 aliphatic heterocycles. The maximum absolute atomic E-state index is 13.3. The van der Waals surface area contributed by atoms with Crippen LogP contribution in [0.4, 0.5) is 18.9 Å². The standard InChI is InChI=1S/C26H19ClF3NO7/c1-36-19-12-20(37-2)18(27)11-17(19)23(33)21-22(13-3-7-15(32)8-4-13)31(25(35)24(21)34)14-5-9-16(10-6-14)38-26(28,29)30/h3-12,22,32-33H,1-2H3/b23-21+. The van der Waals surface area contributed by atoms with E-state index in [0.29, 0.717) is 5.56 Å². The smallest absolute Gasteiger partial charge is 0.508 e. The molecule has 0 aliphatic carbocycles. The summed E-state index contributed by atoms with van der Waals surface area (Å²) in [7, 11) is 2.70. The summed E-state index contributed by atoms with van der Waals surface area (Å²) >= 11 is 6.23. The molecule has 3 aromatic rings. The maximum Gasteiger partial charge on any atom is 0.573 e. The van der Waals surface area contributed by atoms with Crippen molar-refractivity contribution >= 4 is 34.7 Å². The Morgan fingerprint density at radius 1 is 0.947 bits per heavy atom. The highest BCUT2D eigenvalue weighted by molar-refractivity contribution is 6.51. The number of alkyl halides is 3. The molecule has 198 valence electrons. The summed E-state index contributed by atoms with van der Waals surface area (Å²) in [5.74, 6) is -3.02. The molecule has 1 unspecified atom stereocenters. The van der Waals surface area contributed by atoms with Crippen molar-refractivity contribution in [3.63, 3.8) is 0 Å². The highest BCUT2D eigenvalue weighted by Crippen LogP contribution is 2.45. The number of rotatable bonds is 6. The highest BCUT2D eigenvalue weighted by atomic mass is 35.5. The number of ketones is 1. The molecule has 0 spiro atoms. The SMILES string of the molecule is COc1cc(OC)c(/C(O)=C2\C(=O)C(=O)N(c3ccc(OC(F)(F)F)cc3)C2c2ccc(O)cc2)cc1Cl. The maximum atomic E-state index is 13.3. The minimum Gasteiger partial charge on any atom is -0.508 e. The van der Waals surface area contributed by atoms with Crippen molar-refractivity contribution < 1.29 is 47.2 Å². The number of aromatic hydroxyl groups is 1. The topological polar surface area (TPSA) is 106 Å². The minimum atomic E-state index is -4.92. The van der Waals surface area contributed by atoms with E-state index in [1.165, 1.54) is 62.8 Å². The van der Waals surface area contributed by atoms with Crippen LogP contribution >= 0.6 is 11.6 Å². The average molecular weight is 550 g/mol. The minimum absolute atomic E-state index is 0.00555. The number of carbonyl (C=O) groups excluding carboxylic acids is 2. The van der Waals surface area contributed by atoms with Crippen LogP contribution in [0, 0.1) is 0 Å². The summed E-state index contributed by atoms with van der Waals surface area (Å²) in [5.41, 5.74) is 0.0288. The third-order valence-corrected chi connectivity index (χ3v) is 6.03. The zero-order valence-electron chi connectivity index (χ0n) is 19.7. The predicted molar refractivity (Wildman–Crippen MR) is 131 cm³/mol. The largest absolute Gasteiger partial charge is 0.573 e. The number of amides is 1. The Kier molecular flexibility index (Phi) is 7.14. The van der Waals surface area contributed by atoms with Gasteiger partial charge in [0.05, 0.1) is 36.4 Å². The molecule has 1 saturated heterocycles. The molecule has 2 N–H and O–H groups in total. The Bertz CT molecular complexity index is 1420. The number of benzene rings is 3. The third kappa shape index (κ3) is 5.05. The summed E-state index contributed by atoms with van der Waals surface area (Å²) < 4.78 is 52.2. The number of aliphatic hydroxyl groups is 1. The number of anilines is 1. The lowest BCUT2D eigenvalue weighted by Gasteiger charge is -2.26. The second kappa shape index (κ2) is 10.2. The van der Waals surface area contributed by atoms with E-state index in [1.54, 1.807) is 0 Å². The van der Waals surface area contributed by atoms with Gasteiger partial charge in [-0.3, -0.25) is 14.5 Å². The fourth-order valence-corrected chi connectivity index (χ4v) is 4.31. The number of methoxy groups -OCH3 is 2. The van der Waals surface area contributed by atoms with Gasteiger partial charge in [0.2, 0.25) is 0 Å². The molecule has 0 saturated carbocycles. The zero-order valence-corrected chi connectivity index (χ0v) is 20.5. The average Bonchev–Trinajstić information content (AvgIpc) is 3.13. The molecule has 0 bridgehead atoms. The van der Waals surface area contributed by atoms with Gasteiger partial charge >= 0.3 is 6.36 Å². The lowest BCUT2D eigenvalue weighted by molar-refractivity contribution is -0.274. The van der Waals surface area contributed by atoms with Crippen molar-refractivity contribution in [3.8, 4) is 23.0 Å². The molecule has 38 heavy (non-hydrogen) atoms. The lowest BCUT2D eigenvalue weighted by atomic mass is 9.94. The van der Waals surface area contributed by atoms with Gasteiger partial charge < -0.3 is 24.4 Å². The fraction of sp³-hybridized carbons (Fsp3) is 0.154. The Labute approximate surface area is 219 Å². The van der Waals surface area contributed by atoms with Gasteiger partial charge in [0.15, 0.2) is 0 Å². The lowest BCUT2D eigenvalue weighted by Crippen LogP contribution is -2.29. The van der Waals surface area contributed by atoms with Crippen molar-refractivity contribution in [3.05, 3.63) is 82.4 Å². The van der Waals surface area contributed by atoms with Crippen LogP contribution in [0.3, 0.4) is 0 Å². The second-order valence-corrected chi connectivity index (χ2v) is 8.40. The van der Waals surface area contributed by atoms with Gasteiger partial charge in [-0.25, -0.2) is 0 Å². The van der Waals surface area contributed by atoms with E-state index in [4.69, 9.17) is 21.1 Å². The Balaban J connectivity index is 1.91. The Morgan fingerprint density at radius 3 is 2.11 bits per heavy atom. The molecule has 1 amide bonds. The number of aliphatic hydroxyl groups excluding tert-OH is 1. The monoisotopic (exact) mass is 549 g/mol. The first-order valence-electron chi connectivity index (χ1n) is 10.8. The molecule has 1 aliphatic rings. The van der Waals surface area contributed by atoms with Gasteiger partial charge in [-0.2, -0.15) is 0 Å². The normalized spacial score (nSPS) is 17.0. The molecule has 8 nitrogen and oxygen atoms in total. The van der Waals surface area contributed by atoms with Crippen molar-refractivity contribution in [2.45, 2.75) is 12.4 Å². The highest BCUT2D eigenvalue weighted by Gasteiger charge is 2.47. The Morgan fingerprint density at radius 2 is 1.55 bits per heavy atom. The number of ether oxygens (including phenoxy) is 3. The van der Waals surface area contributed by atoms with Gasteiger partial charge in [-0.05, 0) is 48.0 Å². The molecule has 1 heterocycles. The van der Waals surface area contributed by atoms with E-state index in [9.17, 15) is 33.0 Å². The van der Waals surface area contributed by atoms with Crippen LogP contribution in [-0.2, 0) is 9.59 Å². The van der Waals surface area contributed by atoms with Crippen molar-refractivity contribution in [1.82, 2.24) is 0 Å². The third-order valence-electron chi connectivity index (χ3n) is 5.73. The molecule has 4 rings (SSSR count). The Hall–Kier alpha value is -4.38. The van der Waals surface area contributed by atoms with Crippen LogP contribution in [0.25, 0.3) is 5.76 Å². The van der Waals surface area contributed by atoms with Crippen molar-refractivity contribution in [2.24, 2.45) is 0 Å². The number of carbonyl (C=O) groups is 2. The van der Waals surface area contributed by atoms with Gasteiger partial charge in [0.1, 0.15) is 28.8 Å². The van der Waals surface area contributed by atoms with Crippen LogP contribution in [0.5, 0.6) is 23.0 Å². The first-order chi connectivity index (χ1) is 17.9. The number of halogens is 4. The number of hydrogen-bond acceptors (Lipinski definition) is 7. The molecule has 0 aromatic heterocycles. The number of hydrogen-bond donors (Lipinski definition) is 2. The van der Waals surface area contributed by atoms with Gasteiger partial charge in [0.25, 0.3) is 11.7 Å². The molecule has 0 radical (unpaired) electrons. The van der Waals surface area contributed by atoms with Crippen LogP contribution in [0.1, 0.15) is 17.2 Å². The van der Waals surface area contributed by atoms with E-state index >= 15 is 0 Å². The summed E-state index contributed by atoms with van der Waals surface area (Å²) in [6.45, 7) is 0. The zero-order chi connectivity index (χ0) is 27.8. The second-order valence-electron chi connectivity index (χ2n) is 7.99. The van der Waals surface area contributed by atoms with Crippen LogP contribution in [-0.4, -0.2) is 42.5 Å².